The van der Waals surface area contributed by atoms with E-state index in [9.17, 15) is 14.4 Å². The summed E-state index contributed by atoms with van der Waals surface area (Å²) in [6, 6.07) is 6.91. The summed E-state index contributed by atoms with van der Waals surface area (Å²) in [5.41, 5.74) is -0.725. The van der Waals surface area contributed by atoms with Crippen LogP contribution in [0.2, 0.25) is 0 Å². The molecular formula is C22H25BrN2O3. The lowest BCUT2D eigenvalue weighted by Crippen LogP contribution is -2.53. The molecule has 1 atom stereocenters. The van der Waals surface area contributed by atoms with E-state index in [0.717, 1.165) is 28.6 Å². The topological polar surface area (TPSA) is 66.5 Å². The number of halogens is 1. The van der Waals surface area contributed by atoms with E-state index in [1.54, 1.807) is 6.92 Å². The molecule has 1 heterocycles. The molecule has 0 unspecified atom stereocenters. The Bertz CT molecular complexity index is 847. The number of nitrogens with zero attached hydrogens (tertiary/aromatic N) is 1. The molecule has 1 aromatic rings. The standard InChI is InChI=1S/C22H25BrN2O3/c1-21(16-3-2-4-17(23)8-16)19(27)25(20(28)24-21)12-18(26)22-9-13-5-14(10-22)7-15(6-13)11-22/h2-4,8,13-15H,5-7,9-12H2,1H3,(H,24,28)/t13?,14?,15?,21-,22?/m1/s1. The zero-order valence-corrected chi connectivity index (χ0v) is 17.6. The maximum Gasteiger partial charge on any atom is 0.325 e. The van der Waals surface area contributed by atoms with Crippen LogP contribution < -0.4 is 5.32 Å². The number of benzene rings is 1. The molecule has 0 aromatic heterocycles. The molecule has 4 aliphatic carbocycles. The Hall–Kier alpha value is -1.69. The van der Waals surface area contributed by atoms with Crippen LogP contribution in [0.5, 0.6) is 0 Å². The highest BCUT2D eigenvalue weighted by Crippen LogP contribution is 2.60. The molecule has 1 saturated heterocycles. The zero-order valence-electron chi connectivity index (χ0n) is 16.0. The van der Waals surface area contributed by atoms with Gasteiger partial charge in [-0.2, -0.15) is 0 Å². The number of amides is 3. The lowest BCUT2D eigenvalue weighted by Gasteiger charge is -2.56. The van der Waals surface area contributed by atoms with Crippen molar-refractivity contribution in [3.8, 4) is 0 Å². The molecule has 5 fully saturated rings. The van der Waals surface area contributed by atoms with E-state index in [-0.39, 0.29) is 23.7 Å². The van der Waals surface area contributed by atoms with Gasteiger partial charge < -0.3 is 5.32 Å². The van der Waals surface area contributed by atoms with Crippen molar-refractivity contribution in [1.29, 1.82) is 0 Å². The molecule has 5 nitrogen and oxygen atoms in total. The molecule has 0 spiro atoms. The molecule has 148 valence electrons. The third-order valence-corrected chi connectivity index (χ3v) is 8.10. The minimum absolute atomic E-state index is 0.0913. The van der Waals surface area contributed by atoms with Gasteiger partial charge in [0, 0.05) is 9.89 Å². The summed E-state index contributed by atoms with van der Waals surface area (Å²) < 4.78 is 0.844. The Kier molecular flexibility index (Phi) is 4.03. The highest BCUT2D eigenvalue weighted by atomic mass is 79.9. The number of carbonyl (C=O) groups excluding carboxylic acids is 3. The largest absolute Gasteiger partial charge is 0.325 e. The van der Waals surface area contributed by atoms with Gasteiger partial charge in [-0.3, -0.25) is 14.5 Å². The van der Waals surface area contributed by atoms with E-state index in [4.69, 9.17) is 0 Å². The maximum atomic E-state index is 13.4. The summed E-state index contributed by atoms with van der Waals surface area (Å²) in [6.45, 7) is 1.62. The second kappa shape index (κ2) is 6.15. The van der Waals surface area contributed by atoms with Crippen molar-refractivity contribution in [1.82, 2.24) is 10.2 Å². The van der Waals surface area contributed by atoms with Crippen LogP contribution in [0.3, 0.4) is 0 Å². The molecule has 4 bridgehead atoms. The SMILES string of the molecule is C[C@]1(c2cccc(Br)c2)NC(=O)N(CC(=O)C23CC4CC(CC(C4)C2)C3)C1=O. The predicted octanol–water partition coefficient (Wildman–Crippen LogP) is 4.00. The summed E-state index contributed by atoms with van der Waals surface area (Å²) in [6.07, 6.45) is 6.63. The number of imide groups is 1. The van der Waals surface area contributed by atoms with Crippen LogP contribution in [-0.2, 0) is 15.1 Å². The van der Waals surface area contributed by atoms with Crippen LogP contribution in [0.25, 0.3) is 0 Å². The third-order valence-electron chi connectivity index (χ3n) is 7.61. The number of Topliss-reactive ketones (excluding diaryl/α,β-unsaturated/α-hetero) is 1. The lowest BCUT2D eigenvalue weighted by molar-refractivity contribution is -0.147. The van der Waals surface area contributed by atoms with E-state index in [1.807, 2.05) is 24.3 Å². The molecule has 4 saturated carbocycles. The van der Waals surface area contributed by atoms with Crippen LogP contribution in [0.4, 0.5) is 4.79 Å². The number of rotatable bonds is 4. The first-order valence-electron chi connectivity index (χ1n) is 10.2. The number of hydrogen-bond acceptors (Lipinski definition) is 3. The van der Waals surface area contributed by atoms with E-state index >= 15 is 0 Å². The number of ketones is 1. The highest BCUT2D eigenvalue weighted by Gasteiger charge is 2.56. The Balaban J connectivity index is 1.38. The van der Waals surface area contributed by atoms with Gasteiger partial charge in [0.25, 0.3) is 5.91 Å². The number of carbonyl (C=O) groups is 3. The van der Waals surface area contributed by atoms with Gasteiger partial charge in [0.15, 0.2) is 5.78 Å². The molecule has 28 heavy (non-hydrogen) atoms. The van der Waals surface area contributed by atoms with Gasteiger partial charge in [0.1, 0.15) is 5.54 Å². The molecule has 3 amide bonds. The van der Waals surface area contributed by atoms with Crippen molar-refractivity contribution >= 4 is 33.7 Å². The van der Waals surface area contributed by atoms with Crippen LogP contribution in [0.1, 0.15) is 51.0 Å². The average Bonchev–Trinajstić information content (AvgIpc) is 2.85. The minimum Gasteiger partial charge on any atom is -0.319 e. The Morgan fingerprint density at radius 2 is 1.75 bits per heavy atom. The van der Waals surface area contributed by atoms with Crippen molar-refractivity contribution in [2.75, 3.05) is 6.54 Å². The van der Waals surface area contributed by atoms with Gasteiger partial charge in [0.05, 0.1) is 6.54 Å². The van der Waals surface area contributed by atoms with Crippen LogP contribution >= 0.6 is 15.9 Å². The molecule has 0 radical (unpaired) electrons. The van der Waals surface area contributed by atoms with E-state index in [0.29, 0.717) is 23.3 Å². The van der Waals surface area contributed by atoms with Gasteiger partial charge in [0.2, 0.25) is 0 Å². The Morgan fingerprint density at radius 1 is 1.14 bits per heavy atom. The summed E-state index contributed by atoms with van der Waals surface area (Å²) in [4.78, 5) is 40.3. The number of urea groups is 1. The molecule has 5 aliphatic rings. The van der Waals surface area contributed by atoms with Gasteiger partial charge in [-0.15, -0.1) is 0 Å². The summed E-state index contributed by atoms with van der Waals surface area (Å²) in [5.74, 6) is 1.72. The van der Waals surface area contributed by atoms with Gasteiger partial charge in [-0.1, -0.05) is 28.1 Å². The first kappa shape index (κ1) is 18.3. The van der Waals surface area contributed by atoms with Crippen LogP contribution in [0.15, 0.2) is 28.7 Å². The molecule has 6 heteroatoms. The fourth-order valence-corrected chi connectivity index (χ4v) is 7.00. The molecule has 1 N–H and O–H groups in total. The second-order valence-electron chi connectivity index (χ2n) is 9.58. The lowest BCUT2D eigenvalue weighted by atomic mass is 9.48. The highest BCUT2D eigenvalue weighted by molar-refractivity contribution is 9.10. The van der Waals surface area contributed by atoms with Gasteiger partial charge in [-0.25, -0.2) is 4.79 Å². The van der Waals surface area contributed by atoms with Crippen molar-refractivity contribution in [3.05, 3.63) is 34.3 Å². The zero-order chi connectivity index (χ0) is 19.7. The van der Waals surface area contributed by atoms with Crippen molar-refractivity contribution < 1.29 is 14.4 Å². The van der Waals surface area contributed by atoms with Crippen molar-refractivity contribution in [2.45, 2.75) is 51.0 Å². The van der Waals surface area contributed by atoms with E-state index < -0.39 is 11.6 Å². The molecular weight excluding hydrogens is 420 g/mol. The van der Waals surface area contributed by atoms with Crippen LogP contribution in [0, 0.1) is 23.2 Å². The summed E-state index contributed by atoms with van der Waals surface area (Å²) >= 11 is 3.42. The minimum atomic E-state index is -1.14. The smallest absolute Gasteiger partial charge is 0.319 e. The first-order chi connectivity index (χ1) is 13.3. The molecule has 6 rings (SSSR count). The quantitative estimate of drug-likeness (QED) is 0.713. The normalized spacial score (nSPS) is 38.8. The number of nitrogens with one attached hydrogen (secondary N) is 1. The second-order valence-corrected chi connectivity index (χ2v) is 10.5. The first-order valence-corrected chi connectivity index (χ1v) is 11.0. The Labute approximate surface area is 173 Å². The average molecular weight is 445 g/mol. The summed E-state index contributed by atoms with van der Waals surface area (Å²) in [5, 5.41) is 2.82. The monoisotopic (exact) mass is 444 g/mol. The third kappa shape index (κ3) is 2.67. The fourth-order valence-electron chi connectivity index (χ4n) is 6.60. The predicted molar refractivity (Wildman–Crippen MR) is 107 cm³/mol. The van der Waals surface area contributed by atoms with Gasteiger partial charge >= 0.3 is 6.03 Å². The van der Waals surface area contributed by atoms with Crippen molar-refractivity contribution in [2.24, 2.45) is 23.2 Å². The van der Waals surface area contributed by atoms with E-state index in [1.165, 1.54) is 19.3 Å². The fraction of sp³-hybridized carbons (Fsp3) is 0.591. The van der Waals surface area contributed by atoms with Crippen molar-refractivity contribution in [3.63, 3.8) is 0 Å². The maximum absolute atomic E-state index is 13.4. The number of hydrogen-bond donors (Lipinski definition) is 1. The molecule has 1 aromatic carbocycles. The van der Waals surface area contributed by atoms with Crippen LogP contribution in [-0.4, -0.2) is 29.2 Å². The van der Waals surface area contributed by atoms with Gasteiger partial charge in [-0.05, 0) is 80.9 Å². The summed E-state index contributed by atoms with van der Waals surface area (Å²) in [7, 11) is 0. The van der Waals surface area contributed by atoms with E-state index in [2.05, 4.69) is 21.2 Å². The Morgan fingerprint density at radius 3 is 2.32 bits per heavy atom. The molecule has 1 aliphatic heterocycles.